The van der Waals surface area contributed by atoms with Crippen molar-refractivity contribution in [3.8, 4) is 11.4 Å². The Hall–Kier alpha value is -3.45. The quantitative estimate of drug-likeness (QED) is 0.455. The lowest BCUT2D eigenvalue weighted by Crippen LogP contribution is -2.38. The van der Waals surface area contributed by atoms with Gasteiger partial charge in [-0.25, -0.2) is 9.67 Å². The minimum absolute atomic E-state index is 0.122. The second-order valence-electron chi connectivity index (χ2n) is 7.92. The number of nitrogens with zero attached hydrogens (tertiary/aromatic N) is 3. The van der Waals surface area contributed by atoms with Crippen LogP contribution in [0.2, 0.25) is 0 Å². The highest BCUT2D eigenvalue weighted by atomic mass is 19.4. The Morgan fingerprint density at radius 2 is 1.53 bits per heavy atom. The van der Waals surface area contributed by atoms with Crippen LogP contribution in [0.25, 0.3) is 11.4 Å². The molecule has 0 saturated heterocycles. The van der Waals surface area contributed by atoms with Gasteiger partial charge in [-0.1, -0.05) is 72.8 Å². The van der Waals surface area contributed by atoms with Crippen molar-refractivity contribution in [1.29, 1.82) is 0 Å². The number of aromatic nitrogens is 3. The molecule has 162 valence electrons. The summed E-state index contributed by atoms with van der Waals surface area (Å²) in [4.78, 5) is 4.81. The van der Waals surface area contributed by atoms with Gasteiger partial charge in [0, 0.05) is 5.56 Å². The van der Waals surface area contributed by atoms with Crippen LogP contribution in [0.3, 0.4) is 0 Å². The molecule has 5 rings (SSSR count). The summed E-state index contributed by atoms with van der Waals surface area (Å²) < 4.78 is 40.9. The first-order valence-electron chi connectivity index (χ1n) is 10.4. The monoisotopic (exact) mass is 434 g/mol. The molecule has 32 heavy (non-hydrogen) atoms. The number of hydrogen-bond donors (Lipinski definition) is 1. The highest BCUT2D eigenvalue weighted by Crippen LogP contribution is 2.33. The molecule has 1 N–H and O–H groups in total. The molecule has 3 aromatic carbocycles. The molecule has 2 atom stereocenters. The van der Waals surface area contributed by atoms with Crippen LogP contribution in [0.15, 0.2) is 84.9 Å². The molecule has 2 heterocycles. The van der Waals surface area contributed by atoms with Crippen molar-refractivity contribution in [2.24, 2.45) is 0 Å². The van der Waals surface area contributed by atoms with Gasteiger partial charge in [0.15, 0.2) is 5.82 Å². The van der Waals surface area contributed by atoms with Crippen LogP contribution in [-0.2, 0) is 19.1 Å². The number of hydrogen-bond acceptors (Lipinski definition) is 3. The average Bonchev–Trinajstić information content (AvgIpc) is 3.25. The van der Waals surface area contributed by atoms with Crippen LogP contribution in [0.1, 0.15) is 34.6 Å². The van der Waals surface area contributed by atoms with Gasteiger partial charge in [-0.3, -0.25) is 5.32 Å². The third-order valence-electron chi connectivity index (χ3n) is 5.72. The van der Waals surface area contributed by atoms with E-state index in [-0.39, 0.29) is 12.1 Å². The first-order valence-corrected chi connectivity index (χ1v) is 10.4. The van der Waals surface area contributed by atoms with Crippen LogP contribution >= 0.6 is 0 Å². The molecule has 1 aromatic heterocycles. The zero-order chi connectivity index (χ0) is 22.1. The summed E-state index contributed by atoms with van der Waals surface area (Å²) in [7, 11) is 0. The number of rotatable bonds is 4. The van der Waals surface area contributed by atoms with Gasteiger partial charge in [-0.15, -0.1) is 0 Å². The van der Waals surface area contributed by atoms with Crippen LogP contribution in [-0.4, -0.2) is 14.8 Å². The summed E-state index contributed by atoms with van der Waals surface area (Å²) >= 11 is 0. The van der Waals surface area contributed by atoms with Crippen molar-refractivity contribution in [3.63, 3.8) is 0 Å². The maximum atomic E-state index is 13.0. The SMILES string of the molecule is FC(F)(F)c1ccc([C@@H]2Cn3nc(-c4ccccc4)nc3[C@H](Cc3ccccc3)N2)cc1. The van der Waals surface area contributed by atoms with Crippen molar-refractivity contribution < 1.29 is 13.2 Å². The van der Waals surface area contributed by atoms with E-state index in [2.05, 4.69) is 17.4 Å². The Kier molecular flexibility index (Phi) is 5.27. The van der Waals surface area contributed by atoms with Crippen molar-refractivity contribution >= 4 is 0 Å². The van der Waals surface area contributed by atoms with Crippen molar-refractivity contribution in [2.75, 3.05) is 0 Å². The summed E-state index contributed by atoms with van der Waals surface area (Å²) in [5, 5.41) is 8.32. The molecule has 0 aliphatic carbocycles. The summed E-state index contributed by atoms with van der Waals surface area (Å²) in [6.07, 6.45) is -3.65. The van der Waals surface area contributed by atoms with E-state index < -0.39 is 11.7 Å². The van der Waals surface area contributed by atoms with Crippen LogP contribution in [0.5, 0.6) is 0 Å². The molecule has 0 amide bonds. The Bertz CT molecular complexity index is 1190. The van der Waals surface area contributed by atoms with Crippen LogP contribution in [0.4, 0.5) is 13.2 Å². The number of alkyl halides is 3. The Morgan fingerprint density at radius 1 is 0.875 bits per heavy atom. The predicted molar refractivity (Wildman–Crippen MR) is 116 cm³/mol. The minimum Gasteiger partial charge on any atom is -0.298 e. The zero-order valence-corrected chi connectivity index (χ0v) is 17.1. The first-order chi connectivity index (χ1) is 15.5. The average molecular weight is 434 g/mol. The van der Waals surface area contributed by atoms with Crippen molar-refractivity contribution in [1.82, 2.24) is 20.1 Å². The fourth-order valence-electron chi connectivity index (χ4n) is 4.10. The van der Waals surface area contributed by atoms with E-state index in [1.54, 1.807) is 12.1 Å². The molecule has 0 saturated carbocycles. The molecular weight excluding hydrogens is 413 g/mol. The summed E-state index contributed by atoms with van der Waals surface area (Å²) in [5.74, 6) is 1.48. The molecule has 7 heteroatoms. The Balaban J connectivity index is 1.49. The maximum absolute atomic E-state index is 13.0. The van der Waals surface area contributed by atoms with Gasteiger partial charge in [-0.2, -0.15) is 18.3 Å². The maximum Gasteiger partial charge on any atom is 0.416 e. The van der Waals surface area contributed by atoms with E-state index in [4.69, 9.17) is 10.1 Å². The molecule has 1 aliphatic rings. The van der Waals surface area contributed by atoms with E-state index >= 15 is 0 Å². The van der Waals surface area contributed by atoms with E-state index in [0.29, 0.717) is 18.8 Å². The molecule has 1 aliphatic heterocycles. The number of halogens is 3. The van der Waals surface area contributed by atoms with Crippen LogP contribution < -0.4 is 5.32 Å². The standard InChI is InChI=1S/C25H21F3N4/c26-25(27,28)20-13-11-18(12-14-20)22-16-32-24(21(29-22)15-17-7-3-1-4-8-17)30-23(31-32)19-9-5-2-6-10-19/h1-14,21-22,29H,15-16H2/t21-,22-/m0/s1. The fraction of sp³-hybridized carbons (Fsp3) is 0.200. The second-order valence-corrected chi connectivity index (χ2v) is 7.92. The zero-order valence-electron chi connectivity index (χ0n) is 17.1. The van der Waals surface area contributed by atoms with Gasteiger partial charge >= 0.3 is 6.18 Å². The van der Waals surface area contributed by atoms with E-state index in [1.807, 2.05) is 53.2 Å². The second kappa shape index (κ2) is 8.24. The lowest BCUT2D eigenvalue weighted by Gasteiger charge is -2.31. The topological polar surface area (TPSA) is 42.7 Å². The van der Waals surface area contributed by atoms with Crippen molar-refractivity contribution in [3.05, 3.63) is 107 Å². The van der Waals surface area contributed by atoms with Gasteiger partial charge < -0.3 is 0 Å². The van der Waals surface area contributed by atoms with Gasteiger partial charge in [0.05, 0.1) is 24.2 Å². The summed E-state index contributed by atoms with van der Waals surface area (Å²) in [6.45, 7) is 0.492. The minimum atomic E-state index is -4.35. The number of nitrogens with one attached hydrogen (secondary N) is 1. The molecule has 4 aromatic rings. The summed E-state index contributed by atoms with van der Waals surface area (Å²) in [5.41, 5.74) is 2.22. The third kappa shape index (κ3) is 4.16. The van der Waals surface area contributed by atoms with E-state index in [1.165, 1.54) is 0 Å². The molecule has 0 bridgehead atoms. The van der Waals surface area contributed by atoms with Gasteiger partial charge in [0.25, 0.3) is 0 Å². The highest BCUT2D eigenvalue weighted by Gasteiger charge is 2.33. The smallest absolute Gasteiger partial charge is 0.298 e. The largest absolute Gasteiger partial charge is 0.416 e. The molecular formula is C25H21F3N4. The van der Waals surface area contributed by atoms with Gasteiger partial charge in [-0.05, 0) is 29.7 Å². The van der Waals surface area contributed by atoms with Gasteiger partial charge in [0.2, 0.25) is 0 Å². The summed E-state index contributed by atoms with van der Waals surface area (Å²) in [6, 6.07) is 24.9. The van der Waals surface area contributed by atoms with E-state index in [9.17, 15) is 13.2 Å². The normalized spacial score (nSPS) is 18.3. The Labute approximate surface area is 183 Å². The lowest BCUT2D eigenvalue weighted by atomic mass is 9.98. The first kappa shape index (κ1) is 20.5. The number of benzene rings is 3. The molecule has 0 radical (unpaired) electrons. The number of fused-ring (bicyclic) bond motifs is 1. The fourth-order valence-corrected chi connectivity index (χ4v) is 4.10. The molecule has 0 unspecified atom stereocenters. The van der Waals surface area contributed by atoms with Crippen LogP contribution in [0, 0.1) is 0 Å². The molecule has 0 fully saturated rings. The van der Waals surface area contributed by atoms with Crippen molar-refractivity contribution in [2.45, 2.75) is 31.2 Å². The van der Waals surface area contributed by atoms with Gasteiger partial charge in [0.1, 0.15) is 5.82 Å². The molecule has 4 nitrogen and oxygen atoms in total. The lowest BCUT2D eigenvalue weighted by molar-refractivity contribution is -0.137. The Morgan fingerprint density at radius 3 is 2.19 bits per heavy atom. The molecule has 0 spiro atoms. The third-order valence-corrected chi connectivity index (χ3v) is 5.72. The van der Waals surface area contributed by atoms with E-state index in [0.717, 1.165) is 34.6 Å². The highest BCUT2D eigenvalue weighted by molar-refractivity contribution is 5.54. The predicted octanol–water partition coefficient (Wildman–Crippen LogP) is 5.59.